The quantitative estimate of drug-likeness (QED) is 0.494. The number of carbonyl (C=O) groups excluding carboxylic acids is 3. The van der Waals surface area contributed by atoms with Gasteiger partial charge in [-0.25, -0.2) is 9.69 Å². The zero-order valence-corrected chi connectivity index (χ0v) is 20.3. The number of fused-ring (bicyclic) bond motifs is 1. The van der Waals surface area contributed by atoms with E-state index in [9.17, 15) is 14.4 Å². The first-order chi connectivity index (χ1) is 15.5. The summed E-state index contributed by atoms with van der Waals surface area (Å²) in [4.78, 5) is 41.8. The zero-order chi connectivity index (χ0) is 24.1. The summed E-state index contributed by atoms with van der Waals surface area (Å²) < 4.78 is 0. The molecule has 0 aromatic heterocycles. The summed E-state index contributed by atoms with van der Waals surface area (Å²) in [7, 11) is 2.05. The predicted octanol–water partition coefficient (Wildman–Crippen LogP) is 5.29. The highest BCUT2D eigenvalue weighted by Gasteiger charge is 2.38. The van der Waals surface area contributed by atoms with Gasteiger partial charge in [-0.05, 0) is 73.6 Å². The van der Waals surface area contributed by atoms with Crippen LogP contribution < -0.4 is 15.1 Å². The van der Waals surface area contributed by atoms with Crippen molar-refractivity contribution >= 4 is 46.9 Å². The van der Waals surface area contributed by atoms with Gasteiger partial charge in [-0.2, -0.15) is 0 Å². The van der Waals surface area contributed by atoms with Crippen LogP contribution in [-0.2, 0) is 16.0 Å². The van der Waals surface area contributed by atoms with E-state index in [1.807, 2.05) is 38.2 Å². The van der Waals surface area contributed by atoms with E-state index in [-0.39, 0.29) is 17.0 Å². The molecule has 0 bridgehead atoms. The van der Waals surface area contributed by atoms with Crippen molar-refractivity contribution in [3.05, 3.63) is 63.7 Å². The highest BCUT2D eigenvalue weighted by Crippen LogP contribution is 2.44. The van der Waals surface area contributed by atoms with Crippen molar-refractivity contribution < 1.29 is 14.4 Å². The summed E-state index contributed by atoms with van der Waals surface area (Å²) in [5.74, 6) is -1.11. The number of amides is 4. The van der Waals surface area contributed by atoms with Gasteiger partial charge in [0.1, 0.15) is 5.57 Å². The summed E-state index contributed by atoms with van der Waals surface area (Å²) in [6.45, 7) is 8.50. The van der Waals surface area contributed by atoms with E-state index in [0.717, 1.165) is 28.1 Å². The molecular formula is C26H28ClN3O3. The van der Waals surface area contributed by atoms with Crippen molar-refractivity contribution in [1.82, 2.24) is 5.32 Å². The fourth-order valence-corrected chi connectivity index (χ4v) is 4.99. The molecule has 0 saturated carbocycles. The van der Waals surface area contributed by atoms with Gasteiger partial charge in [0.25, 0.3) is 11.8 Å². The maximum absolute atomic E-state index is 13.3. The largest absolute Gasteiger partial charge is 0.369 e. The summed E-state index contributed by atoms with van der Waals surface area (Å²) in [5.41, 5.74) is 3.89. The van der Waals surface area contributed by atoms with Gasteiger partial charge in [-0.3, -0.25) is 14.9 Å². The number of anilines is 2. The number of carbonyl (C=O) groups is 3. The highest BCUT2D eigenvalue weighted by atomic mass is 35.5. The molecule has 2 heterocycles. The molecule has 0 spiro atoms. The molecule has 7 heteroatoms. The summed E-state index contributed by atoms with van der Waals surface area (Å²) in [6, 6.07) is 10.3. The van der Waals surface area contributed by atoms with Gasteiger partial charge < -0.3 is 4.90 Å². The second-order valence-corrected chi connectivity index (χ2v) is 9.76. The molecule has 1 N–H and O–H groups in total. The Balaban J connectivity index is 1.79. The van der Waals surface area contributed by atoms with E-state index in [0.29, 0.717) is 22.7 Å². The van der Waals surface area contributed by atoms with E-state index >= 15 is 0 Å². The van der Waals surface area contributed by atoms with Gasteiger partial charge in [0.2, 0.25) is 0 Å². The number of rotatable bonds is 3. The van der Waals surface area contributed by atoms with Crippen molar-refractivity contribution in [2.24, 2.45) is 0 Å². The fraction of sp³-hybridized carbons (Fsp3) is 0.346. The lowest BCUT2D eigenvalue weighted by Gasteiger charge is -2.45. The Labute approximate surface area is 199 Å². The van der Waals surface area contributed by atoms with Crippen molar-refractivity contribution in [3.8, 4) is 0 Å². The van der Waals surface area contributed by atoms with Crippen LogP contribution in [0, 0.1) is 0 Å². The number of imide groups is 2. The molecule has 1 fully saturated rings. The second kappa shape index (κ2) is 8.34. The molecule has 2 aliphatic heterocycles. The Kier molecular flexibility index (Phi) is 5.83. The first-order valence-electron chi connectivity index (χ1n) is 11.1. The lowest BCUT2D eigenvalue weighted by molar-refractivity contribution is -0.122. The third-order valence-corrected chi connectivity index (χ3v) is 7.09. The van der Waals surface area contributed by atoms with Crippen LogP contribution in [0.1, 0.15) is 56.7 Å². The van der Waals surface area contributed by atoms with Crippen LogP contribution in [0.25, 0.3) is 6.08 Å². The minimum Gasteiger partial charge on any atom is -0.369 e. The minimum atomic E-state index is -0.753. The number of hydrogen-bond acceptors (Lipinski definition) is 4. The van der Waals surface area contributed by atoms with E-state index in [2.05, 4.69) is 31.0 Å². The van der Waals surface area contributed by atoms with Crippen LogP contribution in [0.4, 0.5) is 16.2 Å². The number of nitrogens with one attached hydrogen (secondary N) is 1. The van der Waals surface area contributed by atoms with Gasteiger partial charge in [-0.15, -0.1) is 0 Å². The average molecular weight is 466 g/mol. The van der Waals surface area contributed by atoms with E-state index in [4.69, 9.17) is 11.6 Å². The first kappa shape index (κ1) is 23.1. The smallest absolute Gasteiger partial charge is 0.335 e. The number of aryl methyl sites for hydroxylation is 1. The number of para-hydroxylation sites is 1. The zero-order valence-electron chi connectivity index (χ0n) is 19.5. The lowest BCUT2D eigenvalue weighted by atomic mass is 9.80. The molecule has 2 aromatic rings. The molecule has 2 aromatic carbocycles. The van der Waals surface area contributed by atoms with Gasteiger partial charge >= 0.3 is 6.03 Å². The minimum absolute atomic E-state index is 0.0114. The van der Waals surface area contributed by atoms with E-state index in [1.54, 1.807) is 12.1 Å². The van der Waals surface area contributed by atoms with Crippen molar-refractivity contribution in [3.63, 3.8) is 0 Å². The van der Waals surface area contributed by atoms with Crippen LogP contribution >= 0.6 is 11.6 Å². The third kappa shape index (κ3) is 3.93. The molecule has 0 radical (unpaired) electrons. The molecule has 1 atom stereocenters. The Morgan fingerprint density at radius 2 is 1.85 bits per heavy atom. The monoisotopic (exact) mass is 465 g/mol. The molecule has 4 amide bonds. The summed E-state index contributed by atoms with van der Waals surface area (Å²) in [6.07, 6.45) is 3.09. The van der Waals surface area contributed by atoms with E-state index < -0.39 is 17.8 Å². The Hall–Kier alpha value is -3.12. The first-order valence-corrected chi connectivity index (χ1v) is 11.5. The SMILES string of the molecule is CCc1ccccc1N1C(=O)NC(=O)/C(=C\c2cc3c(cc2Cl)N(C)C(C)(C)C[C@@H]3C)C1=O. The van der Waals surface area contributed by atoms with Crippen LogP contribution in [0.5, 0.6) is 0 Å². The number of barbiturate groups is 1. The molecule has 6 nitrogen and oxygen atoms in total. The average Bonchev–Trinajstić information content (AvgIpc) is 2.75. The normalized spacial score (nSPS) is 21.3. The van der Waals surface area contributed by atoms with Crippen LogP contribution in [0.15, 0.2) is 42.0 Å². The molecule has 2 aliphatic rings. The van der Waals surface area contributed by atoms with Crippen molar-refractivity contribution in [1.29, 1.82) is 0 Å². The topological polar surface area (TPSA) is 69.7 Å². The molecule has 0 aliphatic carbocycles. The predicted molar refractivity (Wildman–Crippen MR) is 132 cm³/mol. The number of urea groups is 1. The molecular weight excluding hydrogens is 438 g/mol. The third-order valence-electron chi connectivity index (χ3n) is 6.77. The summed E-state index contributed by atoms with van der Waals surface area (Å²) >= 11 is 6.62. The number of nitrogens with zero attached hydrogens (tertiary/aromatic N) is 2. The molecule has 33 heavy (non-hydrogen) atoms. The number of halogens is 1. The number of hydrogen-bond donors (Lipinski definition) is 1. The van der Waals surface area contributed by atoms with Gasteiger partial charge in [0, 0.05) is 23.3 Å². The van der Waals surface area contributed by atoms with Crippen molar-refractivity contribution in [2.75, 3.05) is 16.8 Å². The Bertz CT molecular complexity index is 1200. The second-order valence-electron chi connectivity index (χ2n) is 9.35. The molecule has 172 valence electrons. The maximum Gasteiger partial charge on any atom is 0.335 e. The molecule has 1 saturated heterocycles. The summed E-state index contributed by atoms with van der Waals surface area (Å²) in [5, 5.41) is 2.74. The van der Waals surface area contributed by atoms with E-state index in [1.165, 1.54) is 6.08 Å². The lowest BCUT2D eigenvalue weighted by Crippen LogP contribution is -2.54. The van der Waals surface area contributed by atoms with Crippen LogP contribution in [-0.4, -0.2) is 30.4 Å². The van der Waals surface area contributed by atoms with Crippen molar-refractivity contribution in [2.45, 2.75) is 52.0 Å². The highest BCUT2D eigenvalue weighted by molar-refractivity contribution is 6.40. The van der Waals surface area contributed by atoms with Crippen LogP contribution in [0.3, 0.4) is 0 Å². The van der Waals surface area contributed by atoms with Gasteiger partial charge in [-0.1, -0.05) is 43.6 Å². The maximum atomic E-state index is 13.3. The number of benzene rings is 2. The van der Waals surface area contributed by atoms with Gasteiger partial charge in [0.05, 0.1) is 5.69 Å². The van der Waals surface area contributed by atoms with Crippen LogP contribution in [0.2, 0.25) is 5.02 Å². The standard InChI is InChI=1S/C26H28ClN3O3/c1-6-16-9-7-8-10-21(16)30-24(32)19(23(31)28-25(30)33)12-17-11-18-15(2)14-26(3,4)29(5)22(18)13-20(17)27/h7-13,15H,6,14H2,1-5H3,(H,28,31,33)/b19-12+/t15-/m0/s1. The molecule has 4 rings (SSSR count). The Morgan fingerprint density at radius 3 is 2.55 bits per heavy atom. The molecule has 0 unspecified atom stereocenters. The Morgan fingerprint density at radius 1 is 1.15 bits per heavy atom. The fourth-order valence-electron chi connectivity index (χ4n) is 4.77. The van der Waals surface area contributed by atoms with Gasteiger partial charge in [0.15, 0.2) is 0 Å².